The molecule has 0 amide bonds. The number of halogens is 4. The fourth-order valence-corrected chi connectivity index (χ4v) is 2.11. The monoisotopic (exact) mass is 371 g/mol. The van der Waals surface area contributed by atoms with E-state index in [1.54, 1.807) is 48.5 Å². The number of hydrogen-bond acceptors (Lipinski definition) is 3. The van der Waals surface area contributed by atoms with E-state index in [2.05, 4.69) is 17.5 Å². The number of nitrogens with one attached hydrogen (secondary N) is 1. The first kappa shape index (κ1) is 18.3. The molecule has 126 valence electrons. The first-order valence-corrected chi connectivity index (χ1v) is 7.58. The quantitative estimate of drug-likeness (QED) is 0.535. The first-order chi connectivity index (χ1) is 11.3. The second kappa shape index (κ2) is 7.68. The van der Waals surface area contributed by atoms with Gasteiger partial charge in [-0.15, -0.1) is 0 Å². The van der Waals surface area contributed by atoms with Crippen LogP contribution in [0.4, 0.5) is 18.9 Å². The van der Waals surface area contributed by atoms with Gasteiger partial charge in [0, 0.05) is 16.4 Å². The number of anilines is 1. The van der Waals surface area contributed by atoms with E-state index in [0.29, 0.717) is 22.0 Å². The summed E-state index contributed by atoms with van der Waals surface area (Å²) in [6.07, 6.45) is -3.68. The molecule has 0 aromatic heterocycles. The van der Waals surface area contributed by atoms with Crippen LogP contribution in [0.5, 0.6) is 5.75 Å². The van der Waals surface area contributed by atoms with Crippen molar-refractivity contribution in [3.63, 3.8) is 0 Å². The number of benzene rings is 2. The SMILES string of the molecule is COc1ccc(N/C(=C/C(=S)C(F)(F)F)c2ccc(Cl)cc2)cc1. The smallest absolute Gasteiger partial charge is 0.426 e. The Labute approximate surface area is 147 Å². The summed E-state index contributed by atoms with van der Waals surface area (Å²) in [5.74, 6) is 0.642. The zero-order valence-corrected chi connectivity index (χ0v) is 14.1. The Hall–Kier alpha value is -2.05. The topological polar surface area (TPSA) is 21.3 Å². The molecule has 0 saturated carbocycles. The van der Waals surface area contributed by atoms with E-state index in [1.165, 1.54) is 7.11 Å². The first-order valence-electron chi connectivity index (χ1n) is 6.79. The molecular formula is C17H13ClF3NOS. The summed E-state index contributed by atoms with van der Waals surface area (Å²) in [5.41, 5.74) is 1.35. The molecule has 0 spiro atoms. The molecule has 0 radical (unpaired) electrons. The average Bonchev–Trinajstić information content (AvgIpc) is 2.54. The molecule has 0 aliphatic rings. The Morgan fingerprint density at radius 3 is 2.17 bits per heavy atom. The van der Waals surface area contributed by atoms with E-state index in [-0.39, 0.29) is 5.70 Å². The summed E-state index contributed by atoms with van der Waals surface area (Å²) in [7, 11) is 1.53. The van der Waals surface area contributed by atoms with Crippen LogP contribution in [-0.4, -0.2) is 18.2 Å². The van der Waals surface area contributed by atoms with Crippen molar-refractivity contribution in [1.29, 1.82) is 0 Å². The lowest BCUT2D eigenvalue weighted by molar-refractivity contribution is -0.0552. The molecule has 0 fully saturated rings. The predicted molar refractivity (Wildman–Crippen MR) is 94.7 cm³/mol. The zero-order chi connectivity index (χ0) is 17.7. The Kier molecular flexibility index (Phi) is 5.85. The molecule has 7 heteroatoms. The Morgan fingerprint density at radius 2 is 1.67 bits per heavy atom. The van der Waals surface area contributed by atoms with Gasteiger partial charge in [0.2, 0.25) is 0 Å². The van der Waals surface area contributed by atoms with Crippen LogP contribution in [0.3, 0.4) is 0 Å². The van der Waals surface area contributed by atoms with Crippen molar-refractivity contribution in [3.8, 4) is 5.75 Å². The summed E-state index contributed by atoms with van der Waals surface area (Å²) in [5, 5.41) is 3.43. The molecule has 2 aromatic carbocycles. The molecule has 0 heterocycles. The van der Waals surface area contributed by atoms with Gasteiger partial charge in [-0.2, -0.15) is 13.2 Å². The summed E-state index contributed by atoms with van der Waals surface area (Å²) in [4.78, 5) is -1.12. The van der Waals surface area contributed by atoms with E-state index in [1.807, 2.05) is 0 Å². The van der Waals surface area contributed by atoms with Crippen LogP contribution < -0.4 is 10.1 Å². The van der Waals surface area contributed by atoms with Gasteiger partial charge in [-0.1, -0.05) is 36.0 Å². The minimum absolute atomic E-state index is 0.221. The number of hydrogen-bond donors (Lipinski definition) is 1. The summed E-state index contributed by atoms with van der Waals surface area (Å²) >= 11 is 10.3. The number of allylic oxidation sites excluding steroid dienone is 1. The van der Waals surface area contributed by atoms with Crippen molar-refractivity contribution in [2.45, 2.75) is 6.18 Å². The van der Waals surface area contributed by atoms with Gasteiger partial charge in [0.05, 0.1) is 7.11 Å². The zero-order valence-electron chi connectivity index (χ0n) is 12.5. The van der Waals surface area contributed by atoms with Crippen molar-refractivity contribution in [3.05, 3.63) is 65.2 Å². The largest absolute Gasteiger partial charge is 0.497 e. The second-order valence-electron chi connectivity index (χ2n) is 4.78. The molecule has 1 N–H and O–H groups in total. The van der Waals surface area contributed by atoms with Gasteiger partial charge in [-0.05, 0) is 48.0 Å². The molecular weight excluding hydrogens is 359 g/mol. The highest BCUT2D eigenvalue weighted by Crippen LogP contribution is 2.25. The van der Waals surface area contributed by atoms with Crippen molar-refractivity contribution in [1.82, 2.24) is 0 Å². The van der Waals surface area contributed by atoms with Crippen LogP contribution in [0.25, 0.3) is 5.70 Å². The van der Waals surface area contributed by atoms with Crippen molar-refractivity contribution in [2.75, 3.05) is 12.4 Å². The highest BCUT2D eigenvalue weighted by atomic mass is 35.5. The normalized spacial score (nSPS) is 12.0. The molecule has 0 unspecified atom stereocenters. The maximum Gasteiger partial charge on any atom is 0.426 e. The molecule has 0 aliphatic carbocycles. The maximum atomic E-state index is 12.8. The van der Waals surface area contributed by atoms with Gasteiger partial charge in [-0.25, -0.2) is 0 Å². The van der Waals surface area contributed by atoms with Crippen LogP contribution >= 0.6 is 23.8 Å². The van der Waals surface area contributed by atoms with Gasteiger partial charge in [0.25, 0.3) is 0 Å². The number of ether oxygens (including phenoxy) is 1. The summed E-state index contributed by atoms with van der Waals surface area (Å²) < 4.78 is 43.4. The minimum atomic E-state index is -4.57. The lowest BCUT2D eigenvalue weighted by atomic mass is 10.1. The second-order valence-corrected chi connectivity index (χ2v) is 5.66. The van der Waals surface area contributed by atoms with Crippen LogP contribution in [0.15, 0.2) is 54.6 Å². The van der Waals surface area contributed by atoms with Gasteiger partial charge in [0.15, 0.2) is 0 Å². The molecule has 0 aliphatic heterocycles. The predicted octanol–water partition coefficient (Wildman–Crippen LogP) is 5.73. The lowest BCUT2D eigenvalue weighted by Crippen LogP contribution is -2.19. The molecule has 0 bridgehead atoms. The van der Waals surface area contributed by atoms with Crippen LogP contribution in [-0.2, 0) is 0 Å². The van der Waals surface area contributed by atoms with Gasteiger partial charge < -0.3 is 10.1 Å². The van der Waals surface area contributed by atoms with Gasteiger partial charge in [0.1, 0.15) is 10.6 Å². The molecule has 0 atom stereocenters. The Balaban J connectivity index is 2.36. The van der Waals surface area contributed by atoms with E-state index < -0.39 is 11.0 Å². The van der Waals surface area contributed by atoms with E-state index in [4.69, 9.17) is 16.3 Å². The average molecular weight is 372 g/mol. The fraction of sp³-hybridized carbons (Fsp3) is 0.118. The van der Waals surface area contributed by atoms with E-state index in [0.717, 1.165) is 6.08 Å². The Morgan fingerprint density at radius 1 is 1.08 bits per heavy atom. The van der Waals surface area contributed by atoms with Gasteiger partial charge >= 0.3 is 6.18 Å². The van der Waals surface area contributed by atoms with Crippen LogP contribution in [0.2, 0.25) is 5.02 Å². The summed E-state index contributed by atoms with van der Waals surface area (Å²) in [6, 6.07) is 13.2. The van der Waals surface area contributed by atoms with Crippen molar-refractivity contribution < 1.29 is 17.9 Å². The fourth-order valence-electron chi connectivity index (χ4n) is 1.86. The molecule has 24 heavy (non-hydrogen) atoms. The molecule has 0 saturated heterocycles. The molecule has 2 nitrogen and oxygen atoms in total. The standard InChI is InChI=1S/C17H13ClF3NOS/c1-23-14-8-6-13(7-9-14)22-15(10-16(24)17(19,20)21)11-2-4-12(18)5-3-11/h2-10,22H,1H3/b15-10+. The Bertz CT molecular complexity index is 740. The lowest BCUT2D eigenvalue weighted by Gasteiger charge is -2.14. The van der Waals surface area contributed by atoms with Gasteiger partial charge in [-0.3, -0.25) is 0 Å². The number of methoxy groups -OCH3 is 1. The minimum Gasteiger partial charge on any atom is -0.497 e. The highest BCUT2D eigenvalue weighted by molar-refractivity contribution is 7.81. The van der Waals surface area contributed by atoms with E-state index >= 15 is 0 Å². The third-order valence-electron chi connectivity index (χ3n) is 3.08. The number of rotatable bonds is 5. The molecule has 2 rings (SSSR count). The highest BCUT2D eigenvalue weighted by Gasteiger charge is 2.32. The van der Waals surface area contributed by atoms with Crippen LogP contribution in [0.1, 0.15) is 5.56 Å². The van der Waals surface area contributed by atoms with Crippen LogP contribution in [0, 0.1) is 0 Å². The van der Waals surface area contributed by atoms with Crippen molar-refractivity contribution >= 4 is 40.1 Å². The van der Waals surface area contributed by atoms with Crippen molar-refractivity contribution in [2.24, 2.45) is 0 Å². The van der Waals surface area contributed by atoms with E-state index in [9.17, 15) is 13.2 Å². The number of alkyl halides is 3. The third kappa shape index (κ3) is 4.97. The number of thiocarbonyl (C=S) groups is 1. The maximum absolute atomic E-state index is 12.8. The summed E-state index contributed by atoms with van der Waals surface area (Å²) in [6.45, 7) is 0. The molecule has 2 aromatic rings. The third-order valence-corrected chi connectivity index (χ3v) is 3.68.